The van der Waals surface area contributed by atoms with Gasteiger partial charge in [-0.15, -0.1) is 35.3 Å². The fourth-order valence-corrected chi connectivity index (χ4v) is 3.94. The van der Waals surface area contributed by atoms with E-state index >= 15 is 0 Å². The summed E-state index contributed by atoms with van der Waals surface area (Å²) in [5.74, 6) is 2.06. The summed E-state index contributed by atoms with van der Waals surface area (Å²) in [5, 5.41) is 13.1. The van der Waals surface area contributed by atoms with E-state index in [2.05, 4.69) is 78.1 Å². The van der Waals surface area contributed by atoms with Crippen molar-refractivity contribution >= 4 is 41.3 Å². The van der Waals surface area contributed by atoms with Gasteiger partial charge in [0.1, 0.15) is 6.54 Å². The summed E-state index contributed by atoms with van der Waals surface area (Å²) < 4.78 is 5.48. The van der Waals surface area contributed by atoms with Crippen LogP contribution in [0, 0.1) is 0 Å². The molecular weight excluding hydrogens is 485 g/mol. The third-order valence-electron chi connectivity index (χ3n) is 4.68. The minimum Gasteiger partial charge on any atom is -0.359 e. The van der Waals surface area contributed by atoms with Gasteiger partial charge in [-0.05, 0) is 45.3 Å². The molecule has 0 saturated carbocycles. The van der Waals surface area contributed by atoms with E-state index in [0.717, 1.165) is 43.3 Å². The monoisotopic (exact) mass is 519 g/mol. The zero-order valence-corrected chi connectivity index (χ0v) is 20.7. The maximum Gasteiger partial charge on any atom is 0.191 e. The molecule has 1 unspecified atom stereocenters. The highest BCUT2D eigenvalue weighted by molar-refractivity contribution is 14.0. The van der Waals surface area contributed by atoms with Crippen molar-refractivity contribution in [2.45, 2.75) is 52.1 Å². The summed E-state index contributed by atoms with van der Waals surface area (Å²) in [6, 6.07) is 6.62. The van der Waals surface area contributed by atoms with Gasteiger partial charge in [0, 0.05) is 30.0 Å². The lowest BCUT2D eigenvalue weighted by molar-refractivity contribution is 0.302. The van der Waals surface area contributed by atoms with E-state index in [4.69, 9.17) is 4.52 Å². The first kappa shape index (κ1) is 24.9. The third kappa shape index (κ3) is 7.36. The van der Waals surface area contributed by atoms with Crippen molar-refractivity contribution in [2.24, 2.45) is 4.99 Å². The van der Waals surface area contributed by atoms with Crippen molar-refractivity contribution in [1.29, 1.82) is 0 Å². The molecule has 6 nitrogen and oxygen atoms in total. The number of likely N-dealkylation sites (N-methyl/N-ethyl adjacent to an activating group) is 1. The number of aliphatic imine (C=N–C) groups is 1. The van der Waals surface area contributed by atoms with E-state index < -0.39 is 0 Å². The molecule has 0 aliphatic rings. The molecule has 28 heavy (non-hydrogen) atoms. The summed E-state index contributed by atoms with van der Waals surface area (Å²) in [7, 11) is 4.20. The Morgan fingerprint density at radius 2 is 2.00 bits per heavy atom. The van der Waals surface area contributed by atoms with E-state index in [9.17, 15) is 0 Å². The van der Waals surface area contributed by atoms with Gasteiger partial charge in [-0.1, -0.05) is 25.1 Å². The minimum absolute atomic E-state index is 0. The molecule has 2 aromatic heterocycles. The lowest BCUT2D eigenvalue weighted by Gasteiger charge is -2.24. The molecule has 0 aliphatic heterocycles. The third-order valence-corrected chi connectivity index (χ3v) is 5.65. The van der Waals surface area contributed by atoms with Gasteiger partial charge in [0.05, 0.1) is 11.7 Å². The molecule has 0 bridgehead atoms. The van der Waals surface area contributed by atoms with E-state index in [1.807, 2.05) is 6.07 Å². The first-order chi connectivity index (χ1) is 13.1. The maximum atomic E-state index is 5.48. The SMILES string of the molecule is CCNC(=NCc1cc(C(CC)CC)no1)NCC(c1cccs1)N(C)C.I. The Morgan fingerprint density at radius 1 is 1.25 bits per heavy atom. The molecule has 0 saturated heterocycles. The highest BCUT2D eigenvalue weighted by Crippen LogP contribution is 2.23. The van der Waals surface area contributed by atoms with Crippen molar-refractivity contribution in [1.82, 2.24) is 20.7 Å². The van der Waals surface area contributed by atoms with Crippen molar-refractivity contribution < 1.29 is 4.52 Å². The number of halogens is 1. The van der Waals surface area contributed by atoms with Crippen molar-refractivity contribution in [2.75, 3.05) is 27.2 Å². The summed E-state index contributed by atoms with van der Waals surface area (Å²) in [4.78, 5) is 8.23. The van der Waals surface area contributed by atoms with Gasteiger partial charge in [-0.3, -0.25) is 0 Å². The lowest BCUT2D eigenvalue weighted by Crippen LogP contribution is -2.41. The second kappa shape index (κ2) is 13.2. The lowest BCUT2D eigenvalue weighted by atomic mass is 9.99. The topological polar surface area (TPSA) is 65.7 Å². The molecular formula is C20H34IN5OS. The highest BCUT2D eigenvalue weighted by atomic mass is 127. The van der Waals surface area contributed by atoms with E-state index in [0.29, 0.717) is 18.5 Å². The number of hydrogen-bond acceptors (Lipinski definition) is 5. The predicted molar refractivity (Wildman–Crippen MR) is 129 cm³/mol. The van der Waals surface area contributed by atoms with Crippen molar-refractivity contribution in [3.63, 3.8) is 0 Å². The Bertz CT molecular complexity index is 683. The molecule has 1 atom stereocenters. The summed E-state index contributed by atoms with van der Waals surface area (Å²) >= 11 is 1.78. The van der Waals surface area contributed by atoms with Crippen LogP contribution >= 0.6 is 35.3 Å². The fraction of sp³-hybridized carbons (Fsp3) is 0.600. The van der Waals surface area contributed by atoms with Crippen LogP contribution in [0.2, 0.25) is 0 Å². The molecule has 0 radical (unpaired) electrons. The van der Waals surface area contributed by atoms with Crippen LogP contribution in [-0.4, -0.2) is 43.2 Å². The van der Waals surface area contributed by atoms with Crippen LogP contribution in [0.1, 0.15) is 61.9 Å². The summed E-state index contributed by atoms with van der Waals surface area (Å²) in [6.45, 7) is 8.51. The number of nitrogens with zero attached hydrogens (tertiary/aromatic N) is 3. The smallest absolute Gasteiger partial charge is 0.191 e. The summed E-state index contributed by atoms with van der Waals surface area (Å²) in [6.07, 6.45) is 2.15. The van der Waals surface area contributed by atoms with Gasteiger partial charge >= 0.3 is 0 Å². The first-order valence-corrected chi connectivity index (χ1v) is 10.6. The molecule has 0 aliphatic carbocycles. The van der Waals surface area contributed by atoms with Gasteiger partial charge in [0.15, 0.2) is 11.7 Å². The number of nitrogens with one attached hydrogen (secondary N) is 2. The zero-order valence-electron chi connectivity index (χ0n) is 17.6. The molecule has 158 valence electrons. The van der Waals surface area contributed by atoms with Gasteiger partial charge in [0.25, 0.3) is 0 Å². The quantitative estimate of drug-likeness (QED) is 0.273. The normalized spacial score (nSPS) is 12.9. The Hall–Kier alpha value is -1.13. The Labute approximate surface area is 190 Å². The van der Waals surface area contributed by atoms with Crippen molar-refractivity contribution in [3.05, 3.63) is 39.9 Å². The summed E-state index contributed by atoms with van der Waals surface area (Å²) in [5.41, 5.74) is 1.04. The molecule has 2 heterocycles. The first-order valence-electron chi connectivity index (χ1n) is 9.76. The number of guanidine groups is 1. The molecule has 0 fully saturated rings. The molecule has 2 N–H and O–H groups in total. The second-order valence-corrected chi connectivity index (χ2v) is 7.78. The van der Waals surface area contributed by atoms with Gasteiger partial charge in [0.2, 0.25) is 0 Å². The van der Waals surface area contributed by atoms with Crippen LogP contribution < -0.4 is 10.6 Å². The average molecular weight is 519 g/mol. The largest absolute Gasteiger partial charge is 0.359 e. The minimum atomic E-state index is 0. The van der Waals surface area contributed by atoms with E-state index in [1.54, 1.807) is 11.3 Å². The number of thiophene rings is 1. The molecule has 0 amide bonds. The molecule has 8 heteroatoms. The fourth-order valence-electron chi connectivity index (χ4n) is 3.01. The van der Waals surface area contributed by atoms with E-state index in [-0.39, 0.29) is 24.0 Å². The second-order valence-electron chi connectivity index (χ2n) is 6.80. The maximum absolute atomic E-state index is 5.48. The number of aromatic nitrogens is 1. The predicted octanol–water partition coefficient (Wildman–Crippen LogP) is 4.62. The van der Waals surface area contributed by atoms with Crippen LogP contribution in [0.5, 0.6) is 0 Å². The van der Waals surface area contributed by atoms with Gasteiger partial charge in [-0.2, -0.15) is 0 Å². The van der Waals surface area contributed by atoms with Crippen LogP contribution in [0.25, 0.3) is 0 Å². The van der Waals surface area contributed by atoms with Crippen LogP contribution in [-0.2, 0) is 6.54 Å². The standard InChI is InChI=1S/C20H33N5OS.HI/c1-6-15(7-2)17-12-16(26-24-17)13-22-20(21-8-3)23-14-18(25(4)5)19-10-9-11-27-19;/h9-12,15,18H,6-8,13-14H2,1-5H3,(H2,21,22,23);1H. The molecule has 2 rings (SSSR count). The number of rotatable bonds is 10. The average Bonchev–Trinajstić information content (AvgIpc) is 3.33. The zero-order chi connectivity index (χ0) is 19.6. The van der Waals surface area contributed by atoms with Gasteiger partial charge < -0.3 is 20.1 Å². The van der Waals surface area contributed by atoms with Gasteiger partial charge in [-0.25, -0.2) is 4.99 Å². The van der Waals surface area contributed by atoms with E-state index in [1.165, 1.54) is 4.88 Å². The number of hydrogen-bond donors (Lipinski definition) is 2. The van der Waals surface area contributed by atoms with Crippen molar-refractivity contribution in [3.8, 4) is 0 Å². The Morgan fingerprint density at radius 3 is 2.57 bits per heavy atom. The van der Waals surface area contributed by atoms with Crippen LogP contribution in [0.15, 0.2) is 33.1 Å². The molecule has 0 spiro atoms. The molecule has 0 aromatic carbocycles. The molecule has 2 aromatic rings. The Balaban J connectivity index is 0.00000392. The van der Waals surface area contributed by atoms with Crippen LogP contribution in [0.3, 0.4) is 0 Å². The Kier molecular flexibility index (Phi) is 11.7. The van der Waals surface area contributed by atoms with Crippen LogP contribution in [0.4, 0.5) is 0 Å². The highest BCUT2D eigenvalue weighted by Gasteiger charge is 2.16.